The van der Waals surface area contributed by atoms with E-state index in [0.29, 0.717) is 6.61 Å². The van der Waals surface area contributed by atoms with E-state index in [2.05, 4.69) is 19.2 Å². The summed E-state index contributed by atoms with van der Waals surface area (Å²) in [6.45, 7) is 6.67. The van der Waals surface area contributed by atoms with Gasteiger partial charge in [0.05, 0.1) is 6.10 Å². The SMILES string of the molecule is CCOC1(C(=O)Nc2ccc(O[C@H](C)CC)c3ccccc23)CCCC1. The molecule has 1 aliphatic carbocycles. The molecule has 0 unspecified atom stereocenters. The van der Waals surface area contributed by atoms with Crippen molar-refractivity contribution in [3.8, 4) is 5.75 Å². The minimum absolute atomic E-state index is 0.0300. The lowest BCUT2D eigenvalue weighted by Gasteiger charge is -2.28. The van der Waals surface area contributed by atoms with Crippen molar-refractivity contribution >= 4 is 22.4 Å². The third-order valence-corrected chi connectivity index (χ3v) is 5.28. The zero-order chi connectivity index (χ0) is 18.6. The number of hydrogen-bond acceptors (Lipinski definition) is 3. The Labute approximate surface area is 155 Å². The van der Waals surface area contributed by atoms with Crippen molar-refractivity contribution in [2.24, 2.45) is 0 Å². The molecule has 0 aromatic heterocycles. The van der Waals surface area contributed by atoms with Gasteiger partial charge < -0.3 is 14.8 Å². The minimum atomic E-state index is -0.679. The van der Waals surface area contributed by atoms with Gasteiger partial charge in [-0.2, -0.15) is 0 Å². The van der Waals surface area contributed by atoms with Gasteiger partial charge in [-0.25, -0.2) is 0 Å². The minimum Gasteiger partial charge on any atom is -0.490 e. The maximum absolute atomic E-state index is 13.0. The van der Waals surface area contributed by atoms with E-state index < -0.39 is 5.60 Å². The summed E-state index contributed by atoms with van der Waals surface area (Å²) in [6.07, 6.45) is 4.76. The highest BCUT2D eigenvalue weighted by molar-refractivity contribution is 6.06. The number of fused-ring (bicyclic) bond motifs is 1. The summed E-state index contributed by atoms with van der Waals surface area (Å²) >= 11 is 0. The van der Waals surface area contributed by atoms with Crippen LogP contribution in [0.25, 0.3) is 10.8 Å². The van der Waals surface area contributed by atoms with Crippen molar-refractivity contribution < 1.29 is 14.3 Å². The van der Waals surface area contributed by atoms with E-state index in [9.17, 15) is 4.79 Å². The van der Waals surface area contributed by atoms with Crippen LogP contribution in [0.1, 0.15) is 52.9 Å². The number of carbonyl (C=O) groups is 1. The lowest BCUT2D eigenvalue weighted by Crippen LogP contribution is -2.43. The van der Waals surface area contributed by atoms with Crippen molar-refractivity contribution in [2.45, 2.75) is 64.6 Å². The summed E-state index contributed by atoms with van der Waals surface area (Å²) in [5.74, 6) is 0.825. The molecule has 1 N–H and O–H groups in total. The molecule has 26 heavy (non-hydrogen) atoms. The Bertz CT molecular complexity index is 765. The van der Waals surface area contributed by atoms with Crippen LogP contribution in [-0.2, 0) is 9.53 Å². The first kappa shape index (κ1) is 18.7. The predicted molar refractivity (Wildman–Crippen MR) is 106 cm³/mol. The van der Waals surface area contributed by atoms with E-state index in [1.807, 2.05) is 43.3 Å². The van der Waals surface area contributed by atoms with Crippen molar-refractivity contribution in [2.75, 3.05) is 11.9 Å². The zero-order valence-corrected chi connectivity index (χ0v) is 16.0. The van der Waals surface area contributed by atoms with Crippen LogP contribution in [0, 0.1) is 0 Å². The third-order valence-electron chi connectivity index (χ3n) is 5.28. The number of benzene rings is 2. The molecule has 0 heterocycles. The maximum Gasteiger partial charge on any atom is 0.256 e. The quantitative estimate of drug-likeness (QED) is 0.732. The van der Waals surface area contributed by atoms with Gasteiger partial charge in [0.15, 0.2) is 0 Å². The van der Waals surface area contributed by atoms with Crippen LogP contribution in [0.2, 0.25) is 0 Å². The Hall–Kier alpha value is -2.07. The Balaban J connectivity index is 1.91. The second-order valence-corrected chi connectivity index (χ2v) is 7.08. The van der Waals surface area contributed by atoms with Crippen LogP contribution >= 0.6 is 0 Å². The summed E-state index contributed by atoms with van der Waals surface area (Å²) in [4.78, 5) is 13.0. The highest BCUT2D eigenvalue weighted by Crippen LogP contribution is 2.37. The molecule has 2 aromatic rings. The van der Waals surface area contributed by atoms with E-state index in [4.69, 9.17) is 9.47 Å². The maximum atomic E-state index is 13.0. The lowest BCUT2D eigenvalue weighted by atomic mass is 10.00. The number of amides is 1. The van der Waals surface area contributed by atoms with Crippen molar-refractivity contribution in [3.63, 3.8) is 0 Å². The van der Waals surface area contributed by atoms with Gasteiger partial charge in [-0.15, -0.1) is 0 Å². The second-order valence-electron chi connectivity index (χ2n) is 7.08. The molecule has 1 aliphatic rings. The summed E-state index contributed by atoms with van der Waals surface area (Å²) in [6, 6.07) is 11.9. The van der Waals surface area contributed by atoms with Crippen LogP contribution in [-0.4, -0.2) is 24.2 Å². The van der Waals surface area contributed by atoms with Crippen molar-refractivity contribution in [1.29, 1.82) is 0 Å². The largest absolute Gasteiger partial charge is 0.490 e. The van der Waals surface area contributed by atoms with E-state index in [-0.39, 0.29) is 12.0 Å². The van der Waals surface area contributed by atoms with Crippen molar-refractivity contribution in [1.82, 2.24) is 0 Å². The number of anilines is 1. The van der Waals surface area contributed by atoms with Gasteiger partial charge in [0.25, 0.3) is 5.91 Å². The van der Waals surface area contributed by atoms with Gasteiger partial charge in [-0.1, -0.05) is 31.2 Å². The fraction of sp³-hybridized carbons (Fsp3) is 0.500. The molecule has 0 bridgehead atoms. The highest BCUT2D eigenvalue weighted by Gasteiger charge is 2.42. The molecule has 140 valence electrons. The van der Waals surface area contributed by atoms with Crippen LogP contribution in [0.3, 0.4) is 0 Å². The topological polar surface area (TPSA) is 47.6 Å². The number of nitrogens with one attached hydrogen (secondary N) is 1. The van der Waals surface area contributed by atoms with Gasteiger partial charge in [0, 0.05) is 23.1 Å². The molecule has 1 amide bonds. The first-order valence-corrected chi connectivity index (χ1v) is 9.73. The average Bonchev–Trinajstić information content (AvgIpc) is 3.14. The van der Waals surface area contributed by atoms with Crippen LogP contribution in [0.4, 0.5) is 5.69 Å². The van der Waals surface area contributed by atoms with Gasteiger partial charge in [-0.05, 0) is 58.1 Å². The number of ether oxygens (including phenoxy) is 2. The van der Waals surface area contributed by atoms with Crippen LogP contribution < -0.4 is 10.1 Å². The number of carbonyl (C=O) groups excluding carboxylic acids is 1. The van der Waals surface area contributed by atoms with Crippen LogP contribution in [0.15, 0.2) is 36.4 Å². The molecular formula is C22H29NO3. The third kappa shape index (κ3) is 3.70. The van der Waals surface area contributed by atoms with Gasteiger partial charge >= 0.3 is 0 Å². The summed E-state index contributed by atoms with van der Waals surface area (Å²) < 4.78 is 11.9. The molecule has 4 heteroatoms. The molecule has 0 aliphatic heterocycles. The van der Waals surface area contributed by atoms with E-state index in [1.165, 1.54) is 0 Å². The molecule has 3 rings (SSSR count). The van der Waals surface area contributed by atoms with Crippen molar-refractivity contribution in [3.05, 3.63) is 36.4 Å². The van der Waals surface area contributed by atoms with E-state index in [1.54, 1.807) is 0 Å². The summed E-state index contributed by atoms with van der Waals surface area (Å²) in [7, 11) is 0. The number of hydrogen-bond donors (Lipinski definition) is 1. The Morgan fingerprint density at radius 1 is 1.12 bits per heavy atom. The fourth-order valence-corrected chi connectivity index (χ4v) is 3.68. The smallest absolute Gasteiger partial charge is 0.256 e. The first-order valence-electron chi connectivity index (χ1n) is 9.73. The molecule has 1 fully saturated rings. The molecule has 0 radical (unpaired) electrons. The highest BCUT2D eigenvalue weighted by atomic mass is 16.5. The Morgan fingerprint density at radius 3 is 2.46 bits per heavy atom. The van der Waals surface area contributed by atoms with Crippen LogP contribution in [0.5, 0.6) is 5.75 Å². The van der Waals surface area contributed by atoms with E-state index >= 15 is 0 Å². The molecule has 4 nitrogen and oxygen atoms in total. The van der Waals surface area contributed by atoms with E-state index in [0.717, 1.165) is 54.3 Å². The summed E-state index contributed by atoms with van der Waals surface area (Å²) in [5.41, 5.74) is 0.134. The average molecular weight is 355 g/mol. The Kier molecular flexibility index (Phi) is 5.82. The van der Waals surface area contributed by atoms with Gasteiger partial charge in [0.1, 0.15) is 11.4 Å². The fourth-order valence-electron chi connectivity index (χ4n) is 3.68. The molecule has 1 saturated carbocycles. The molecule has 2 aromatic carbocycles. The molecule has 0 spiro atoms. The predicted octanol–water partition coefficient (Wildman–Crippen LogP) is 5.30. The van der Waals surface area contributed by atoms with Gasteiger partial charge in [0.2, 0.25) is 0 Å². The first-order chi connectivity index (χ1) is 12.6. The summed E-state index contributed by atoms with van der Waals surface area (Å²) in [5, 5.41) is 5.14. The monoisotopic (exact) mass is 355 g/mol. The number of rotatable bonds is 7. The molecular weight excluding hydrogens is 326 g/mol. The second kappa shape index (κ2) is 8.09. The Morgan fingerprint density at radius 2 is 1.81 bits per heavy atom. The lowest BCUT2D eigenvalue weighted by molar-refractivity contribution is -0.140. The van der Waals surface area contributed by atoms with Gasteiger partial charge in [-0.3, -0.25) is 4.79 Å². The molecule has 1 atom stereocenters. The normalized spacial score (nSPS) is 17.2. The zero-order valence-electron chi connectivity index (χ0n) is 16.0. The standard InChI is InChI=1S/C22H29NO3/c1-4-16(3)26-20-13-12-19(17-10-6-7-11-18(17)20)23-21(24)22(25-5-2)14-8-9-15-22/h6-7,10-13,16H,4-5,8-9,14-15H2,1-3H3,(H,23,24)/t16-/m1/s1. The molecule has 0 saturated heterocycles.